The van der Waals surface area contributed by atoms with Gasteiger partial charge in [-0.05, 0) is 77.5 Å². The zero-order valence-electron chi connectivity index (χ0n) is 26.3. The van der Waals surface area contributed by atoms with Gasteiger partial charge >= 0.3 is 0 Å². The highest BCUT2D eigenvalue weighted by Gasteiger charge is 2.25. The molecule has 5 aromatic heterocycles. The van der Waals surface area contributed by atoms with Crippen molar-refractivity contribution in [3.63, 3.8) is 0 Å². The average molecular weight is 623 g/mol. The third-order valence-electron chi connectivity index (χ3n) is 10.8. The molecule has 0 spiro atoms. The highest BCUT2D eigenvalue weighted by Crippen LogP contribution is 2.47. The average Bonchev–Trinajstić information content (AvgIpc) is 3.89. The lowest BCUT2D eigenvalue weighted by Gasteiger charge is -2.12. The Hall–Kier alpha value is -6.65. The highest BCUT2D eigenvalue weighted by molar-refractivity contribution is 6.36. The predicted octanol–water partition coefficient (Wildman–Crippen LogP) is 11.6. The molecule has 0 aliphatic heterocycles. The highest BCUT2D eigenvalue weighted by atomic mass is 15.0. The number of aromatic nitrogens is 4. The van der Waals surface area contributed by atoms with Gasteiger partial charge in [-0.2, -0.15) is 0 Å². The Morgan fingerprint density at radius 1 is 0.367 bits per heavy atom. The largest absolute Gasteiger partial charge is 0.309 e. The minimum Gasteiger partial charge on any atom is -0.309 e. The van der Waals surface area contributed by atoms with E-state index in [0.29, 0.717) is 0 Å². The van der Waals surface area contributed by atoms with E-state index in [2.05, 4.69) is 159 Å². The van der Waals surface area contributed by atoms with Crippen LogP contribution in [-0.4, -0.2) is 18.5 Å². The molecule has 0 N–H and O–H groups in total. The Morgan fingerprint density at radius 2 is 0.980 bits per heavy atom. The fraction of sp³-hybridized carbons (Fsp3) is 0. The van der Waals surface area contributed by atoms with Crippen LogP contribution >= 0.6 is 0 Å². The van der Waals surface area contributed by atoms with Gasteiger partial charge in [-0.1, -0.05) is 84.9 Å². The minimum atomic E-state index is 0.972. The zero-order valence-corrected chi connectivity index (χ0v) is 26.3. The quantitative estimate of drug-likeness (QED) is 0.188. The smallest absolute Gasteiger partial charge is 0.145 e. The molecule has 0 aliphatic rings. The maximum Gasteiger partial charge on any atom is 0.145 e. The number of benzene rings is 7. The van der Waals surface area contributed by atoms with Gasteiger partial charge in [0, 0.05) is 60.7 Å². The van der Waals surface area contributed by atoms with Crippen LogP contribution in [0.2, 0.25) is 0 Å². The third-order valence-corrected chi connectivity index (χ3v) is 10.8. The first-order chi connectivity index (χ1) is 24.3. The molecule has 0 radical (unpaired) electrons. The van der Waals surface area contributed by atoms with Gasteiger partial charge in [-0.15, -0.1) is 0 Å². The fourth-order valence-electron chi connectivity index (χ4n) is 8.85. The van der Waals surface area contributed by atoms with Crippen LogP contribution in [0.5, 0.6) is 0 Å². The van der Waals surface area contributed by atoms with Gasteiger partial charge in [0.05, 0.1) is 33.1 Å². The van der Waals surface area contributed by atoms with Crippen molar-refractivity contribution in [2.24, 2.45) is 0 Å². The number of hydrogen-bond donors (Lipinski definition) is 0. The second kappa shape index (κ2) is 9.03. The molecule has 12 rings (SSSR count). The summed E-state index contributed by atoms with van der Waals surface area (Å²) in [5.41, 5.74) is 10.6. The van der Waals surface area contributed by atoms with E-state index in [-0.39, 0.29) is 0 Å². The van der Waals surface area contributed by atoms with Crippen LogP contribution < -0.4 is 0 Å². The van der Waals surface area contributed by atoms with Crippen molar-refractivity contribution >= 4 is 92.6 Å². The maximum absolute atomic E-state index is 4.83. The van der Waals surface area contributed by atoms with E-state index in [0.717, 1.165) is 27.9 Å². The molecule has 0 saturated heterocycles. The van der Waals surface area contributed by atoms with Gasteiger partial charge < -0.3 is 8.97 Å². The molecule has 0 saturated carbocycles. The molecule has 4 nitrogen and oxygen atoms in total. The van der Waals surface area contributed by atoms with E-state index in [1.807, 2.05) is 12.3 Å². The number of rotatable bonds is 2. The summed E-state index contributed by atoms with van der Waals surface area (Å²) >= 11 is 0. The van der Waals surface area contributed by atoms with Gasteiger partial charge in [0.1, 0.15) is 5.65 Å². The van der Waals surface area contributed by atoms with Crippen LogP contribution in [0.1, 0.15) is 0 Å². The molecule has 49 heavy (non-hydrogen) atoms. The summed E-state index contributed by atoms with van der Waals surface area (Å²) in [5, 5.41) is 12.7. The Labute approximate surface area is 279 Å². The molecule has 0 amide bonds. The van der Waals surface area contributed by atoms with Crippen LogP contribution in [0.15, 0.2) is 158 Å². The molecule has 0 unspecified atom stereocenters. The van der Waals surface area contributed by atoms with Crippen molar-refractivity contribution in [1.82, 2.24) is 18.5 Å². The fourth-order valence-corrected chi connectivity index (χ4v) is 8.85. The first kappa shape index (κ1) is 25.4. The van der Waals surface area contributed by atoms with Gasteiger partial charge in [-0.25, -0.2) is 4.98 Å². The van der Waals surface area contributed by atoms with Crippen LogP contribution in [0.25, 0.3) is 104 Å². The van der Waals surface area contributed by atoms with E-state index >= 15 is 0 Å². The Balaban J connectivity index is 1.24. The molecule has 0 aliphatic carbocycles. The van der Waals surface area contributed by atoms with Crippen molar-refractivity contribution in [1.29, 1.82) is 0 Å². The number of hydrogen-bond acceptors (Lipinski definition) is 1. The molecule has 0 fully saturated rings. The van der Waals surface area contributed by atoms with E-state index < -0.39 is 0 Å². The molecule has 0 atom stereocenters. The number of pyridine rings is 1. The Kier molecular flexibility index (Phi) is 4.69. The van der Waals surface area contributed by atoms with Crippen molar-refractivity contribution in [2.45, 2.75) is 0 Å². The first-order valence-corrected chi connectivity index (χ1v) is 16.8. The van der Waals surface area contributed by atoms with Gasteiger partial charge in [0.2, 0.25) is 0 Å². The second-order valence-electron chi connectivity index (χ2n) is 13.2. The molecular formula is C45H26N4. The SMILES string of the molecule is c1ccc2c(c1)ccc1c2c2cc3c4ccccc4n4c5ccccc5c(c2n1-c1ccc(-n2c5ccccc5c5cccnc52)cc1)c34. The van der Waals surface area contributed by atoms with E-state index in [9.17, 15) is 0 Å². The molecule has 0 bridgehead atoms. The van der Waals surface area contributed by atoms with Gasteiger partial charge in [-0.3, -0.25) is 4.57 Å². The van der Waals surface area contributed by atoms with E-state index in [1.54, 1.807) is 0 Å². The van der Waals surface area contributed by atoms with Crippen LogP contribution in [0.4, 0.5) is 0 Å². The standard InChI is InChI=1S/C45H26N4/c1-2-11-30-27(10-1)19-24-40-41(30)36-26-35-32-13-4-7-17-38(32)49-39-18-8-5-14-34(39)42(43(35)49)44(36)47(40)28-20-22-29(23-21-28)48-37-16-6-3-12-31(37)33-15-9-25-46-45(33)48/h1-26H. The van der Waals surface area contributed by atoms with Crippen molar-refractivity contribution in [2.75, 3.05) is 0 Å². The zero-order chi connectivity index (χ0) is 31.8. The molecular weight excluding hydrogens is 597 g/mol. The molecule has 12 aromatic rings. The molecule has 7 aromatic carbocycles. The molecule has 5 heterocycles. The third kappa shape index (κ3) is 3.12. The molecule has 226 valence electrons. The second-order valence-corrected chi connectivity index (χ2v) is 13.2. The van der Waals surface area contributed by atoms with Crippen LogP contribution in [0, 0.1) is 0 Å². The van der Waals surface area contributed by atoms with E-state index in [1.165, 1.54) is 76.1 Å². The van der Waals surface area contributed by atoms with Crippen LogP contribution in [-0.2, 0) is 0 Å². The summed E-state index contributed by atoms with van der Waals surface area (Å²) in [6, 6.07) is 55.4. The summed E-state index contributed by atoms with van der Waals surface area (Å²) in [4.78, 5) is 4.83. The Bertz CT molecular complexity index is 3270. The van der Waals surface area contributed by atoms with Gasteiger partial charge in [0.15, 0.2) is 0 Å². The monoisotopic (exact) mass is 622 g/mol. The first-order valence-electron chi connectivity index (χ1n) is 16.8. The molecule has 4 heteroatoms. The summed E-state index contributed by atoms with van der Waals surface area (Å²) in [6.07, 6.45) is 1.88. The topological polar surface area (TPSA) is 27.2 Å². The normalized spacial score (nSPS) is 12.5. The Morgan fingerprint density at radius 3 is 1.78 bits per heavy atom. The lowest BCUT2D eigenvalue weighted by atomic mass is 10.0. The van der Waals surface area contributed by atoms with Crippen molar-refractivity contribution < 1.29 is 0 Å². The summed E-state index contributed by atoms with van der Waals surface area (Å²) < 4.78 is 7.27. The lowest BCUT2D eigenvalue weighted by molar-refractivity contribution is 1.12. The van der Waals surface area contributed by atoms with E-state index in [4.69, 9.17) is 4.98 Å². The van der Waals surface area contributed by atoms with Crippen LogP contribution in [0.3, 0.4) is 0 Å². The number of nitrogens with zero attached hydrogens (tertiary/aromatic N) is 4. The number of fused-ring (bicyclic) bond motifs is 15. The summed E-state index contributed by atoms with van der Waals surface area (Å²) in [6.45, 7) is 0. The van der Waals surface area contributed by atoms with Gasteiger partial charge in [0.25, 0.3) is 0 Å². The van der Waals surface area contributed by atoms with Crippen molar-refractivity contribution in [3.8, 4) is 11.4 Å². The number of para-hydroxylation sites is 3. The summed E-state index contributed by atoms with van der Waals surface area (Å²) in [5.74, 6) is 0. The lowest BCUT2D eigenvalue weighted by Crippen LogP contribution is -1.98. The predicted molar refractivity (Wildman–Crippen MR) is 205 cm³/mol. The minimum absolute atomic E-state index is 0.972. The van der Waals surface area contributed by atoms with Crippen molar-refractivity contribution in [3.05, 3.63) is 158 Å². The summed E-state index contributed by atoms with van der Waals surface area (Å²) in [7, 11) is 0. The maximum atomic E-state index is 4.83.